The molecule has 0 saturated carbocycles. The SMILES string of the molecule is CCCCCCCCCCCCCCCC[N+](C)(C)CCC=S. The molecule has 0 amide bonds. The van der Waals surface area contributed by atoms with E-state index in [1.807, 2.05) is 5.37 Å². The van der Waals surface area contributed by atoms with Gasteiger partial charge in [-0.2, -0.15) is 0 Å². The van der Waals surface area contributed by atoms with E-state index in [1.54, 1.807) is 0 Å². The molecular weight excluding hydrogens is 298 g/mol. The Morgan fingerprint density at radius 2 is 1.00 bits per heavy atom. The molecule has 0 atom stereocenters. The van der Waals surface area contributed by atoms with E-state index < -0.39 is 0 Å². The summed E-state index contributed by atoms with van der Waals surface area (Å²) in [4.78, 5) is 0. The quantitative estimate of drug-likeness (QED) is 0.148. The second kappa shape index (κ2) is 16.9. The zero-order chi connectivity index (χ0) is 17.2. The van der Waals surface area contributed by atoms with Gasteiger partial charge in [0.05, 0.1) is 27.2 Å². The van der Waals surface area contributed by atoms with Crippen LogP contribution in [-0.2, 0) is 0 Å². The van der Waals surface area contributed by atoms with E-state index in [0.717, 1.165) is 10.9 Å². The van der Waals surface area contributed by atoms with Gasteiger partial charge in [0.2, 0.25) is 0 Å². The van der Waals surface area contributed by atoms with Gasteiger partial charge < -0.3 is 4.48 Å². The highest BCUT2D eigenvalue weighted by molar-refractivity contribution is 7.78. The predicted octanol–water partition coefficient (Wildman–Crippen LogP) is 6.93. The van der Waals surface area contributed by atoms with E-state index in [0.29, 0.717) is 0 Å². The van der Waals surface area contributed by atoms with E-state index in [4.69, 9.17) is 12.2 Å². The minimum Gasteiger partial charge on any atom is -0.328 e. The number of rotatable bonds is 18. The van der Waals surface area contributed by atoms with Crippen molar-refractivity contribution in [2.45, 2.75) is 103 Å². The summed E-state index contributed by atoms with van der Waals surface area (Å²) in [5, 5.41) is 1.88. The topological polar surface area (TPSA) is 0 Å². The predicted molar refractivity (Wildman–Crippen MR) is 110 cm³/mol. The molecule has 0 aromatic carbocycles. The molecule has 0 saturated heterocycles. The van der Waals surface area contributed by atoms with Crippen LogP contribution in [0.2, 0.25) is 0 Å². The average molecular weight is 343 g/mol. The molecular formula is C21H44NS+. The first-order valence-corrected chi connectivity index (χ1v) is 10.8. The van der Waals surface area contributed by atoms with E-state index >= 15 is 0 Å². The Morgan fingerprint density at radius 1 is 0.609 bits per heavy atom. The minimum absolute atomic E-state index is 1.07. The highest BCUT2D eigenvalue weighted by Crippen LogP contribution is 2.13. The lowest BCUT2D eigenvalue weighted by Gasteiger charge is -2.29. The Morgan fingerprint density at radius 3 is 1.39 bits per heavy atom. The highest BCUT2D eigenvalue weighted by atomic mass is 32.1. The summed E-state index contributed by atoms with van der Waals surface area (Å²) in [5.41, 5.74) is 0. The Bertz CT molecular complexity index is 250. The Balaban J connectivity index is 3.17. The summed E-state index contributed by atoms with van der Waals surface area (Å²) in [7, 11) is 4.67. The first kappa shape index (κ1) is 23.1. The number of nitrogens with zero attached hydrogens (tertiary/aromatic N) is 1. The number of thiocarbonyl (C=S) groups is 1. The zero-order valence-corrected chi connectivity index (χ0v) is 17.3. The maximum atomic E-state index is 4.93. The molecule has 0 aliphatic carbocycles. The summed E-state index contributed by atoms with van der Waals surface area (Å²) in [5.74, 6) is 0. The van der Waals surface area contributed by atoms with Crippen LogP contribution in [0.4, 0.5) is 0 Å². The third-order valence-electron chi connectivity index (χ3n) is 4.97. The van der Waals surface area contributed by atoms with Crippen LogP contribution in [0.1, 0.15) is 103 Å². The molecule has 0 spiro atoms. The van der Waals surface area contributed by atoms with Crippen LogP contribution in [0.25, 0.3) is 0 Å². The second-order valence-corrected chi connectivity index (χ2v) is 8.27. The standard InChI is InChI=1S/C21H44NS/c1-4-5-6-7-8-9-10-11-12-13-14-15-16-17-19-22(2,3)20-18-21-23/h21H,4-20H2,1-3H3/q+1. The van der Waals surface area contributed by atoms with Crippen molar-refractivity contribution in [2.24, 2.45) is 0 Å². The van der Waals surface area contributed by atoms with Gasteiger partial charge in [0, 0.05) is 6.42 Å². The summed E-state index contributed by atoms with van der Waals surface area (Å²) in [6.45, 7) is 4.80. The van der Waals surface area contributed by atoms with Crippen molar-refractivity contribution in [1.82, 2.24) is 0 Å². The normalized spacial score (nSPS) is 11.8. The third kappa shape index (κ3) is 18.2. The van der Waals surface area contributed by atoms with E-state index in [9.17, 15) is 0 Å². The molecule has 2 heteroatoms. The van der Waals surface area contributed by atoms with Gasteiger partial charge in [-0.1, -0.05) is 96.2 Å². The van der Waals surface area contributed by atoms with Crippen LogP contribution in [0.3, 0.4) is 0 Å². The van der Waals surface area contributed by atoms with Crippen LogP contribution in [-0.4, -0.2) is 37.0 Å². The smallest absolute Gasteiger partial charge is 0.0825 e. The van der Waals surface area contributed by atoms with E-state index in [1.165, 1.54) is 103 Å². The first-order valence-electron chi connectivity index (χ1n) is 10.4. The molecule has 0 N–H and O–H groups in total. The van der Waals surface area contributed by atoms with Crippen molar-refractivity contribution in [2.75, 3.05) is 27.2 Å². The molecule has 138 valence electrons. The Kier molecular flexibility index (Phi) is 16.9. The van der Waals surface area contributed by atoms with Gasteiger partial charge >= 0.3 is 0 Å². The lowest BCUT2D eigenvalue weighted by Crippen LogP contribution is -2.41. The van der Waals surface area contributed by atoms with Crippen LogP contribution < -0.4 is 0 Å². The van der Waals surface area contributed by atoms with Crippen LogP contribution >= 0.6 is 12.2 Å². The molecule has 1 nitrogen and oxygen atoms in total. The summed E-state index contributed by atoms with van der Waals surface area (Å²) < 4.78 is 1.13. The lowest BCUT2D eigenvalue weighted by atomic mass is 10.0. The second-order valence-electron chi connectivity index (χ2n) is 7.93. The highest BCUT2D eigenvalue weighted by Gasteiger charge is 2.12. The molecule has 0 heterocycles. The fraction of sp³-hybridized carbons (Fsp3) is 0.952. The first-order chi connectivity index (χ1) is 11.1. The van der Waals surface area contributed by atoms with Crippen LogP contribution in [0.15, 0.2) is 0 Å². The van der Waals surface area contributed by atoms with Gasteiger partial charge in [0.25, 0.3) is 0 Å². The molecule has 0 fully saturated rings. The van der Waals surface area contributed by atoms with Crippen LogP contribution in [0.5, 0.6) is 0 Å². The number of hydrogen-bond acceptors (Lipinski definition) is 1. The molecule has 0 aromatic rings. The molecule has 0 aliphatic rings. The fourth-order valence-electron chi connectivity index (χ4n) is 3.25. The van der Waals surface area contributed by atoms with Gasteiger partial charge in [-0.3, -0.25) is 0 Å². The van der Waals surface area contributed by atoms with Crippen molar-refractivity contribution in [3.05, 3.63) is 0 Å². The number of unbranched alkanes of at least 4 members (excludes halogenated alkanes) is 13. The van der Waals surface area contributed by atoms with Gasteiger partial charge in [-0.15, -0.1) is 0 Å². The van der Waals surface area contributed by atoms with E-state index in [2.05, 4.69) is 21.0 Å². The van der Waals surface area contributed by atoms with Crippen LogP contribution in [0, 0.1) is 0 Å². The largest absolute Gasteiger partial charge is 0.328 e. The Hall–Kier alpha value is 0.0500. The van der Waals surface area contributed by atoms with Crippen molar-refractivity contribution < 1.29 is 4.48 Å². The summed E-state index contributed by atoms with van der Waals surface area (Å²) >= 11 is 4.93. The van der Waals surface area contributed by atoms with Crippen molar-refractivity contribution in [1.29, 1.82) is 0 Å². The average Bonchev–Trinajstić information content (AvgIpc) is 2.53. The molecule has 23 heavy (non-hydrogen) atoms. The number of quaternary nitrogens is 1. The molecule has 0 bridgehead atoms. The third-order valence-corrected chi connectivity index (χ3v) is 5.20. The van der Waals surface area contributed by atoms with Crippen molar-refractivity contribution in [3.63, 3.8) is 0 Å². The maximum absolute atomic E-state index is 4.93. The maximum Gasteiger partial charge on any atom is 0.0825 e. The fourth-order valence-corrected chi connectivity index (χ4v) is 3.35. The van der Waals surface area contributed by atoms with Gasteiger partial charge in [0.1, 0.15) is 0 Å². The molecule has 0 rings (SSSR count). The van der Waals surface area contributed by atoms with Gasteiger partial charge in [0.15, 0.2) is 0 Å². The van der Waals surface area contributed by atoms with Gasteiger partial charge in [-0.05, 0) is 18.2 Å². The minimum atomic E-state index is 1.07. The Labute approximate surface area is 152 Å². The van der Waals surface area contributed by atoms with Crippen molar-refractivity contribution in [3.8, 4) is 0 Å². The summed E-state index contributed by atoms with van der Waals surface area (Å²) in [6, 6.07) is 0. The molecule has 0 radical (unpaired) electrons. The lowest BCUT2D eigenvalue weighted by molar-refractivity contribution is -0.889. The van der Waals surface area contributed by atoms with E-state index in [-0.39, 0.29) is 0 Å². The number of hydrogen-bond donors (Lipinski definition) is 0. The van der Waals surface area contributed by atoms with Crippen molar-refractivity contribution >= 4 is 17.6 Å². The molecule has 0 unspecified atom stereocenters. The monoisotopic (exact) mass is 342 g/mol. The zero-order valence-electron chi connectivity index (χ0n) is 16.5. The molecule has 0 aliphatic heterocycles. The van der Waals surface area contributed by atoms with Gasteiger partial charge in [-0.25, -0.2) is 0 Å². The summed E-state index contributed by atoms with van der Waals surface area (Å²) in [6.07, 6.45) is 21.3. The molecule has 0 aromatic heterocycles.